The fraction of sp³-hybridized carbons (Fsp3) is 0.400. The Kier molecular flexibility index (Phi) is 5.64. The van der Waals surface area contributed by atoms with Gasteiger partial charge in [-0.1, -0.05) is 6.92 Å². The lowest BCUT2D eigenvalue weighted by Gasteiger charge is -2.28. The van der Waals surface area contributed by atoms with Crippen molar-refractivity contribution in [3.05, 3.63) is 40.5 Å². The topological polar surface area (TPSA) is 113 Å². The van der Waals surface area contributed by atoms with Gasteiger partial charge in [0.15, 0.2) is 11.5 Å². The van der Waals surface area contributed by atoms with Gasteiger partial charge < -0.3 is 29.4 Å². The van der Waals surface area contributed by atoms with Gasteiger partial charge in [0.05, 0.1) is 25.2 Å². The van der Waals surface area contributed by atoms with Crippen LogP contribution in [0.4, 0.5) is 0 Å². The zero-order valence-electron chi connectivity index (χ0n) is 16.0. The van der Waals surface area contributed by atoms with Crippen molar-refractivity contribution < 1.29 is 28.5 Å². The second kappa shape index (κ2) is 8.13. The van der Waals surface area contributed by atoms with Crippen LogP contribution in [0.3, 0.4) is 0 Å². The number of hydrogen-bond acceptors (Lipinski definition) is 8. The molecular weight excluding hydrogens is 364 g/mol. The molecule has 0 spiro atoms. The van der Waals surface area contributed by atoms with Crippen molar-refractivity contribution in [2.45, 2.75) is 32.6 Å². The summed E-state index contributed by atoms with van der Waals surface area (Å²) in [6, 6.07) is 5.49. The lowest BCUT2D eigenvalue weighted by atomic mass is 9.82. The molecule has 28 heavy (non-hydrogen) atoms. The van der Waals surface area contributed by atoms with Gasteiger partial charge in [0.25, 0.3) is 0 Å². The second-order valence-corrected chi connectivity index (χ2v) is 6.19. The number of nitriles is 1. The molecule has 8 nitrogen and oxygen atoms in total. The minimum atomic E-state index is -0.761. The maximum atomic E-state index is 12.8. The van der Waals surface area contributed by atoms with Gasteiger partial charge in [-0.3, -0.25) is 0 Å². The van der Waals surface area contributed by atoms with Crippen LogP contribution >= 0.6 is 0 Å². The van der Waals surface area contributed by atoms with Gasteiger partial charge in [0.2, 0.25) is 18.4 Å². The number of carbonyl (C=O) groups is 1. The summed E-state index contributed by atoms with van der Waals surface area (Å²) in [5, 5.41) is 9.73. The van der Waals surface area contributed by atoms with Crippen molar-refractivity contribution in [2.24, 2.45) is 5.73 Å². The highest BCUT2D eigenvalue weighted by Crippen LogP contribution is 2.48. The van der Waals surface area contributed by atoms with Gasteiger partial charge in [0.1, 0.15) is 17.4 Å². The summed E-state index contributed by atoms with van der Waals surface area (Å²) in [5.74, 6) is 0.448. The standard InChI is InChI=1S/C20H22N2O6/c1-4-6-13-17(20(23)25-5-2)16(12(9-21)19(22)28-13)11-7-14(24-3)18-15(8-11)26-10-27-18/h7-8,16H,4-6,10,22H2,1-3H3/t16-/m1/s1. The molecule has 2 heterocycles. The van der Waals surface area contributed by atoms with Crippen LogP contribution in [-0.4, -0.2) is 26.5 Å². The first kappa shape index (κ1) is 19.4. The molecule has 0 radical (unpaired) electrons. The fourth-order valence-corrected chi connectivity index (χ4v) is 3.31. The number of methoxy groups -OCH3 is 1. The van der Waals surface area contributed by atoms with E-state index in [2.05, 4.69) is 6.07 Å². The van der Waals surface area contributed by atoms with E-state index < -0.39 is 11.9 Å². The molecule has 0 fully saturated rings. The summed E-state index contributed by atoms with van der Waals surface area (Å²) in [6.45, 7) is 3.93. The minimum absolute atomic E-state index is 0.0272. The van der Waals surface area contributed by atoms with E-state index in [-0.39, 0.29) is 30.4 Å². The Morgan fingerprint density at radius 3 is 2.79 bits per heavy atom. The lowest BCUT2D eigenvalue weighted by molar-refractivity contribution is -0.139. The highest BCUT2D eigenvalue weighted by molar-refractivity contribution is 5.92. The van der Waals surface area contributed by atoms with E-state index in [0.29, 0.717) is 35.0 Å². The van der Waals surface area contributed by atoms with E-state index in [0.717, 1.165) is 6.42 Å². The SMILES string of the molecule is CCCC1=C(C(=O)OCC)[C@H](c2cc(OC)c3c(c2)OCO3)C(C#N)=C(N)O1. The normalized spacial score (nSPS) is 17.9. The number of carbonyl (C=O) groups excluding carboxylic acids is 1. The monoisotopic (exact) mass is 386 g/mol. The molecule has 0 saturated heterocycles. The Morgan fingerprint density at radius 2 is 2.14 bits per heavy atom. The van der Waals surface area contributed by atoms with Crippen molar-refractivity contribution in [3.8, 4) is 23.3 Å². The fourth-order valence-electron chi connectivity index (χ4n) is 3.31. The predicted octanol–water partition coefficient (Wildman–Crippen LogP) is 2.85. The molecule has 0 amide bonds. The van der Waals surface area contributed by atoms with Crippen LogP contribution in [0.25, 0.3) is 0 Å². The Bertz CT molecular complexity index is 897. The van der Waals surface area contributed by atoms with E-state index in [4.69, 9.17) is 29.4 Å². The highest BCUT2D eigenvalue weighted by atomic mass is 16.7. The van der Waals surface area contributed by atoms with Crippen molar-refractivity contribution >= 4 is 5.97 Å². The second-order valence-electron chi connectivity index (χ2n) is 6.19. The zero-order valence-corrected chi connectivity index (χ0v) is 16.0. The smallest absolute Gasteiger partial charge is 0.338 e. The molecule has 8 heteroatoms. The predicted molar refractivity (Wildman–Crippen MR) is 98.3 cm³/mol. The molecule has 0 aliphatic carbocycles. The van der Waals surface area contributed by atoms with Crippen molar-refractivity contribution in [1.82, 2.24) is 0 Å². The van der Waals surface area contributed by atoms with E-state index in [1.807, 2.05) is 6.92 Å². The molecule has 3 rings (SSSR count). The number of allylic oxidation sites excluding steroid dienone is 2. The summed E-state index contributed by atoms with van der Waals surface area (Å²) in [7, 11) is 1.51. The quantitative estimate of drug-likeness (QED) is 0.743. The lowest BCUT2D eigenvalue weighted by Crippen LogP contribution is -2.26. The maximum absolute atomic E-state index is 12.8. The first-order chi connectivity index (χ1) is 13.5. The molecule has 2 aliphatic heterocycles. The van der Waals surface area contributed by atoms with E-state index in [9.17, 15) is 10.1 Å². The molecule has 0 bridgehead atoms. The number of rotatable bonds is 6. The van der Waals surface area contributed by atoms with E-state index >= 15 is 0 Å². The first-order valence-electron chi connectivity index (χ1n) is 9.00. The number of fused-ring (bicyclic) bond motifs is 1. The van der Waals surface area contributed by atoms with Gasteiger partial charge in [-0.2, -0.15) is 5.26 Å². The number of benzene rings is 1. The molecular formula is C20H22N2O6. The molecule has 1 aromatic carbocycles. The Morgan fingerprint density at radius 1 is 1.36 bits per heavy atom. The van der Waals surface area contributed by atoms with E-state index in [1.54, 1.807) is 19.1 Å². The Hall–Kier alpha value is -3.34. The molecule has 2 aliphatic rings. The Labute approximate surface area is 163 Å². The molecule has 1 aromatic rings. The number of hydrogen-bond donors (Lipinski definition) is 1. The summed E-state index contributed by atoms with van der Waals surface area (Å²) in [5.41, 5.74) is 7.00. The van der Waals surface area contributed by atoms with Crippen LogP contribution in [0.2, 0.25) is 0 Å². The van der Waals surface area contributed by atoms with Crippen molar-refractivity contribution in [3.63, 3.8) is 0 Å². The van der Waals surface area contributed by atoms with Crippen molar-refractivity contribution in [2.75, 3.05) is 20.5 Å². The van der Waals surface area contributed by atoms with Crippen LogP contribution in [0.15, 0.2) is 34.9 Å². The van der Waals surface area contributed by atoms with Crippen LogP contribution in [0, 0.1) is 11.3 Å². The highest BCUT2D eigenvalue weighted by Gasteiger charge is 2.38. The van der Waals surface area contributed by atoms with Gasteiger partial charge in [-0.15, -0.1) is 0 Å². The molecule has 2 N–H and O–H groups in total. The van der Waals surface area contributed by atoms with Crippen LogP contribution < -0.4 is 19.9 Å². The largest absolute Gasteiger partial charge is 0.493 e. The summed E-state index contributed by atoms with van der Waals surface area (Å²) < 4.78 is 27.2. The average molecular weight is 386 g/mol. The number of nitrogens with zero attached hydrogens (tertiary/aromatic N) is 1. The van der Waals surface area contributed by atoms with Gasteiger partial charge in [0, 0.05) is 6.42 Å². The third-order valence-electron chi connectivity index (χ3n) is 4.48. The zero-order chi connectivity index (χ0) is 20.3. The third kappa shape index (κ3) is 3.31. The summed E-state index contributed by atoms with van der Waals surface area (Å²) in [6.07, 6.45) is 1.20. The van der Waals surface area contributed by atoms with Crippen LogP contribution in [0.5, 0.6) is 17.2 Å². The number of nitrogens with two attached hydrogens (primary N) is 1. The summed E-state index contributed by atoms with van der Waals surface area (Å²) >= 11 is 0. The minimum Gasteiger partial charge on any atom is -0.493 e. The van der Waals surface area contributed by atoms with Crippen LogP contribution in [0.1, 0.15) is 38.2 Å². The first-order valence-corrected chi connectivity index (χ1v) is 9.00. The maximum Gasteiger partial charge on any atom is 0.338 e. The van der Waals surface area contributed by atoms with Gasteiger partial charge in [-0.05, 0) is 31.0 Å². The molecule has 148 valence electrons. The molecule has 0 aromatic heterocycles. The van der Waals surface area contributed by atoms with Crippen LogP contribution in [-0.2, 0) is 14.3 Å². The Balaban J connectivity index is 2.22. The average Bonchev–Trinajstić information content (AvgIpc) is 3.15. The van der Waals surface area contributed by atoms with E-state index in [1.165, 1.54) is 7.11 Å². The third-order valence-corrected chi connectivity index (χ3v) is 4.48. The number of ether oxygens (including phenoxy) is 5. The summed E-state index contributed by atoms with van der Waals surface area (Å²) in [4.78, 5) is 12.8. The van der Waals surface area contributed by atoms with Gasteiger partial charge in [-0.25, -0.2) is 4.79 Å². The number of esters is 1. The molecule has 1 atom stereocenters. The molecule has 0 unspecified atom stereocenters. The van der Waals surface area contributed by atoms with Gasteiger partial charge >= 0.3 is 5.97 Å². The van der Waals surface area contributed by atoms with Crippen molar-refractivity contribution in [1.29, 1.82) is 5.26 Å². The molecule has 0 saturated carbocycles.